The lowest BCUT2D eigenvalue weighted by molar-refractivity contribution is -0.138. The van der Waals surface area contributed by atoms with Gasteiger partial charge in [-0.1, -0.05) is 6.07 Å². The van der Waals surface area contributed by atoms with Gasteiger partial charge in [0.2, 0.25) is 5.91 Å². The Morgan fingerprint density at radius 1 is 1.08 bits per heavy atom. The van der Waals surface area contributed by atoms with Gasteiger partial charge in [0.15, 0.2) is 5.78 Å². The lowest BCUT2D eigenvalue weighted by atomic mass is 10.1. The van der Waals surface area contributed by atoms with E-state index in [0.29, 0.717) is 17.0 Å². The van der Waals surface area contributed by atoms with Gasteiger partial charge in [0.25, 0.3) is 0 Å². The number of ether oxygens (including phenoxy) is 1. The number of thioether (sulfide) groups is 1. The molecule has 0 saturated carbocycles. The molecule has 2 aromatic rings. The summed E-state index contributed by atoms with van der Waals surface area (Å²) in [7, 11) is 1.57. The standard InChI is InChI=1S/C19H19NO5S/c1-25-15-7-5-13(6-8-15)17(21)12-26-16-4-2-3-14(11-16)20-18(22)9-10-19(23)24/h2-8,11H,9-10,12H2,1H3,(H,20,22)(H,23,24). The third kappa shape index (κ3) is 6.25. The molecule has 0 aromatic heterocycles. The molecule has 6 nitrogen and oxygen atoms in total. The second-order valence-corrected chi connectivity index (χ2v) is 6.46. The van der Waals surface area contributed by atoms with Gasteiger partial charge in [0.05, 0.1) is 19.3 Å². The molecule has 0 atom stereocenters. The van der Waals surface area contributed by atoms with E-state index < -0.39 is 5.97 Å². The quantitative estimate of drug-likeness (QED) is 0.516. The van der Waals surface area contributed by atoms with E-state index in [2.05, 4.69) is 5.32 Å². The normalized spacial score (nSPS) is 10.2. The van der Waals surface area contributed by atoms with Crippen LogP contribution >= 0.6 is 11.8 Å². The first-order valence-corrected chi connectivity index (χ1v) is 8.88. The second kappa shape index (κ2) is 9.62. The number of aliphatic carboxylic acids is 1. The molecular weight excluding hydrogens is 354 g/mol. The van der Waals surface area contributed by atoms with Gasteiger partial charge < -0.3 is 15.2 Å². The summed E-state index contributed by atoms with van der Waals surface area (Å²) in [6.45, 7) is 0. The van der Waals surface area contributed by atoms with E-state index in [0.717, 1.165) is 4.90 Å². The van der Waals surface area contributed by atoms with E-state index in [1.165, 1.54) is 11.8 Å². The lowest BCUT2D eigenvalue weighted by Gasteiger charge is -2.07. The Hall–Kier alpha value is -2.80. The summed E-state index contributed by atoms with van der Waals surface area (Å²) < 4.78 is 5.07. The van der Waals surface area contributed by atoms with Crippen molar-refractivity contribution < 1.29 is 24.2 Å². The molecule has 0 aliphatic rings. The Labute approximate surface area is 155 Å². The van der Waals surface area contributed by atoms with Crippen molar-refractivity contribution in [2.45, 2.75) is 17.7 Å². The number of nitrogens with one attached hydrogen (secondary N) is 1. The zero-order chi connectivity index (χ0) is 18.9. The maximum Gasteiger partial charge on any atom is 0.303 e. The van der Waals surface area contributed by atoms with Crippen LogP contribution in [0.25, 0.3) is 0 Å². The maximum atomic E-state index is 12.2. The molecule has 0 aliphatic carbocycles. The van der Waals surface area contributed by atoms with Gasteiger partial charge in [-0.3, -0.25) is 14.4 Å². The zero-order valence-corrected chi connectivity index (χ0v) is 15.0. The van der Waals surface area contributed by atoms with Crippen LogP contribution in [0, 0.1) is 0 Å². The van der Waals surface area contributed by atoms with Gasteiger partial charge in [-0.15, -0.1) is 11.8 Å². The van der Waals surface area contributed by atoms with Gasteiger partial charge in [-0.2, -0.15) is 0 Å². The van der Waals surface area contributed by atoms with Gasteiger partial charge in [-0.05, 0) is 42.5 Å². The maximum absolute atomic E-state index is 12.2. The molecule has 26 heavy (non-hydrogen) atoms. The van der Waals surface area contributed by atoms with E-state index in [9.17, 15) is 14.4 Å². The fourth-order valence-corrected chi connectivity index (χ4v) is 2.97. The van der Waals surface area contributed by atoms with Crippen molar-refractivity contribution in [3.63, 3.8) is 0 Å². The summed E-state index contributed by atoms with van der Waals surface area (Å²) in [5.41, 5.74) is 1.18. The summed E-state index contributed by atoms with van der Waals surface area (Å²) in [5, 5.41) is 11.3. The molecule has 0 saturated heterocycles. The number of hydrogen-bond donors (Lipinski definition) is 2. The topological polar surface area (TPSA) is 92.7 Å². The summed E-state index contributed by atoms with van der Waals surface area (Å²) in [4.78, 5) is 35.3. The average Bonchev–Trinajstić information content (AvgIpc) is 2.65. The van der Waals surface area contributed by atoms with Gasteiger partial charge >= 0.3 is 5.97 Å². The predicted molar refractivity (Wildman–Crippen MR) is 100.0 cm³/mol. The Balaban J connectivity index is 1.90. The first-order valence-electron chi connectivity index (χ1n) is 7.89. The number of ketones is 1. The van der Waals surface area contributed by atoms with Crippen LogP contribution in [0.2, 0.25) is 0 Å². The number of rotatable bonds is 9. The van der Waals surface area contributed by atoms with Crippen LogP contribution in [0.15, 0.2) is 53.4 Å². The van der Waals surface area contributed by atoms with E-state index in [-0.39, 0.29) is 30.3 Å². The summed E-state index contributed by atoms with van der Waals surface area (Å²) >= 11 is 1.37. The Morgan fingerprint density at radius 2 is 1.81 bits per heavy atom. The van der Waals surface area contributed by atoms with Gasteiger partial charge in [-0.25, -0.2) is 0 Å². The monoisotopic (exact) mass is 373 g/mol. The van der Waals surface area contributed by atoms with Crippen LogP contribution < -0.4 is 10.1 Å². The molecule has 1 amide bonds. The van der Waals surface area contributed by atoms with Crippen molar-refractivity contribution in [3.8, 4) is 5.75 Å². The molecule has 0 radical (unpaired) electrons. The number of carboxylic acids is 1. The van der Waals surface area contributed by atoms with E-state index in [1.807, 2.05) is 6.07 Å². The molecule has 2 N–H and O–H groups in total. The molecule has 0 aliphatic heterocycles. The largest absolute Gasteiger partial charge is 0.497 e. The highest BCUT2D eigenvalue weighted by atomic mass is 32.2. The highest BCUT2D eigenvalue weighted by molar-refractivity contribution is 8.00. The van der Waals surface area contributed by atoms with Crippen LogP contribution in [0.3, 0.4) is 0 Å². The molecule has 136 valence electrons. The summed E-state index contributed by atoms with van der Waals surface area (Å²) in [6, 6.07) is 14.0. The van der Waals surface area contributed by atoms with Crippen molar-refractivity contribution in [1.29, 1.82) is 0 Å². The SMILES string of the molecule is COc1ccc(C(=O)CSc2cccc(NC(=O)CCC(=O)O)c2)cc1. The van der Waals surface area contributed by atoms with Crippen molar-refractivity contribution in [3.05, 3.63) is 54.1 Å². The number of carboxylic acid groups (broad SMARTS) is 1. The third-order valence-corrected chi connectivity index (χ3v) is 4.46. The molecular formula is C19H19NO5S. The number of hydrogen-bond acceptors (Lipinski definition) is 5. The van der Waals surface area contributed by atoms with Crippen LogP contribution in [-0.4, -0.2) is 35.6 Å². The Morgan fingerprint density at radius 3 is 2.46 bits per heavy atom. The van der Waals surface area contributed by atoms with E-state index >= 15 is 0 Å². The summed E-state index contributed by atoms with van der Waals surface area (Å²) in [6.07, 6.45) is -0.292. The third-order valence-electron chi connectivity index (χ3n) is 3.47. The van der Waals surface area contributed by atoms with Crippen LogP contribution in [0.4, 0.5) is 5.69 Å². The lowest BCUT2D eigenvalue weighted by Crippen LogP contribution is -2.13. The number of benzene rings is 2. The highest BCUT2D eigenvalue weighted by Crippen LogP contribution is 2.23. The average molecular weight is 373 g/mol. The number of methoxy groups -OCH3 is 1. The number of anilines is 1. The molecule has 0 unspecified atom stereocenters. The molecule has 2 aromatic carbocycles. The Kier molecular flexibility index (Phi) is 7.23. The fourth-order valence-electron chi connectivity index (χ4n) is 2.12. The van der Waals surface area contributed by atoms with Crippen molar-refractivity contribution in [2.24, 2.45) is 0 Å². The van der Waals surface area contributed by atoms with Gasteiger partial charge in [0, 0.05) is 22.6 Å². The molecule has 0 heterocycles. The van der Waals surface area contributed by atoms with Crippen LogP contribution in [-0.2, 0) is 9.59 Å². The highest BCUT2D eigenvalue weighted by Gasteiger charge is 2.09. The molecule has 0 spiro atoms. The van der Waals surface area contributed by atoms with Crippen LogP contribution in [0.5, 0.6) is 5.75 Å². The number of carbonyl (C=O) groups excluding carboxylic acids is 2. The minimum Gasteiger partial charge on any atom is -0.497 e. The molecule has 2 rings (SSSR count). The number of Topliss-reactive ketones (excluding diaryl/α,β-unsaturated/α-hetero) is 1. The summed E-state index contributed by atoms with van der Waals surface area (Å²) in [5.74, 6) is -0.414. The first-order chi connectivity index (χ1) is 12.5. The van der Waals surface area contributed by atoms with Crippen LogP contribution in [0.1, 0.15) is 23.2 Å². The second-order valence-electron chi connectivity index (χ2n) is 5.41. The van der Waals surface area contributed by atoms with Crippen molar-refractivity contribution in [1.82, 2.24) is 0 Å². The first kappa shape index (κ1) is 19.5. The zero-order valence-electron chi connectivity index (χ0n) is 14.2. The molecule has 7 heteroatoms. The van der Waals surface area contributed by atoms with E-state index in [1.54, 1.807) is 49.6 Å². The fraction of sp³-hybridized carbons (Fsp3) is 0.211. The molecule has 0 fully saturated rings. The number of carbonyl (C=O) groups is 3. The minimum atomic E-state index is -1.01. The molecule has 0 bridgehead atoms. The predicted octanol–water partition coefficient (Wildman–Crippen LogP) is 3.47. The minimum absolute atomic E-state index is 0.00597. The smallest absolute Gasteiger partial charge is 0.303 e. The van der Waals surface area contributed by atoms with Crippen molar-refractivity contribution >= 4 is 35.1 Å². The van der Waals surface area contributed by atoms with Crippen molar-refractivity contribution in [2.75, 3.05) is 18.2 Å². The van der Waals surface area contributed by atoms with E-state index in [4.69, 9.17) is 9.84 Å². The Bertz CT molecular complexity index is 789. The number of amides is 1. The van der Waals surface area contributed by atoms with Gasteiger partial charge in [0.1, 0.15) is 5.75 Å².